The van der Waals surface area contributed by atoms with E-state index in [0.29, 0.717) is 13.2 Å². The molecule has 1 rings (SSSR count). The van der Waals surface area contributed by atoms with Gasteiger partial charge >= 0.3 is 0 Å². The van der Waals surface area contributed by atoms with Gasteiger partial charge in [-0.2, -0.15) is 0 Å². The summed E-state index contributed by atoms with van der Waals surface area (Å²) in [7, 11) is 0. The Kier molecular flexibility index (Phi) is 5.80. The number of hydrogen-bond donors (Lipinski definition) is 0. The summed E-state index contributed by atoms with van der Waals surface area (Å²) in [5.41, 5.74) is 0. The molecular formula is C11H20O3. The first-order chi connectivity index (χ1) is 6.84. The third-order valence-corrected chi connectivity index (χ3v) is 2.52. The molecule has 1 atom stereocenters. The quantitative estimate of drug-likeness (QED) is 0.588. The molecule has 0 aliphatic carbocycles. The Labute approximate surface area is 85.8 Å². The Morgan fingerprint density at radius 1 is 1.50 bits per heavy atom. The van der Waals surface area contributed by atoms with Gasteiger partial charge in [0.05, 0.1) is 6.61 Å². The van der Waals surface area contributed by atoms with Crippen molar-refractivity contribution in [1.82, 2.24) is 0 Å². The molecular weight excluding hydrogens is 180 g/mol. The first kappa shape index (κ1) is 11.7. The number of ether oxygens (including phenoxy) is 2. The molecule has 1 fully saturated rings. The lowest BCUT2D eigenvalue weighted by atomic mass is 10.0. The van der Waals surface area contributed by atoms with Crippen LogP contribution in [-0.4, -0.2) is 32.2 Å². The summed E-state index contributed by atoms with van der Waals surface area (Å²) in [5, 5.41) is 0. The Hall–Kier alpha value is -0.410. The van der Waals surface area contributed by atoms with Crippen LogP contribution in [0.4, 0.5) is 0 Å². The molecule has 1 aliphatic rings. The fourth-order valence-corrected chi connectivity index (χ4v) is 1.53. The summed E-state index contributed by atoms with van der Waals surface area (Å²) in [4.78, 5) is 11.5. The standard InChI is InChI=1S/C11H20O3/c1-2-3-4-6-13-9-11(12)10-5-7-14-8-10/h10H,2-9H2,1H3. The van der Waals surface area contributed by atoms with E-state index in [1.54, 1.807) is 0 Å². The van der Waals surface area contributed by atoms with Crippen molar-refractivity contribution in [3.8, 4) is 0 Å². The molecule has 0 bridgehead atoms. The largest absolute Gasteiger partial charge is 0.381 e. The van der Waals surface area contributed by atoms with Gasteiger partial charge in [0.2, 0.25) is 0 Å². The number of hydrogen-bond acceptors (Lipinski definition) is 3. The molecule has 3 heteroatoms. The Morgan fingerprint density at radius 2 is 2.36 bits per heavy atom. The van der Waals surface area contributed by atoms with Gasteiger partial charge in [0, 0.05) is 19.1 Å². The van der Waals surface area contributed by atoms with Crippen LogP contribution in [0.2, 0.25) is 0 Å². The minimum atomic E-state index is 0.0983. The van der Waals surface area contributed by atoms with Crippen molar-refractivity contribution in [3.05, 3.63) is 0 Å². The lowest BCUT2D eigenvalue weighted by Gasteiger charge is -2.06. The van der Waals surface area contributed by atoms with Crippen molar-refractivity contribution in [2.24, 2.45) is 5.92 Å². The van der Waals surface area contributed by atoms with Crippen molar-refractivity contribution < 1.29 is 14.3 Å². The lowest BCUT2D eigenvalue weighted by molar-refractivity contribution is -0.127. The highest BCUT2D eigenvalue weighted by Gasteiger charge is 2.22. The summed E-state index contributed by atoms with van der Waals surface area (Å²) in [6.45, 7) is 4.47. The van der Waals surface area contributed by atoms with Crippen molar-refractivity contribution in [1.29, 1.82) is 0 Å². The van der Waals surface area contributed by atoms with E-state index in [4.69, 9.17) is 9.47 Å². The van der Waals surface area contributed by atoms with E-state index in [0.717, 1.165) is 19.4 Å². The minimum Gasteiger partial charge on any atom is -0.381 e. The van der Waals surface area contributed by atoms with Gasteiger partial charge in [0.1, 0.15) is 6.61 Å². The zero-order chi connectivity index (χ0) is 10.2. The molecule has 0 saturated carbocycles. The second-order valence-corrected chi connectivity index (χ2v) is 3.79. The van der Waals surface area contributed by atoms with Gasteiger partial charge in [-0.05, 0) is 12.8 Å². The second kappa shape index (κ2) is 6.96. The number of carbonyl (C=O) groups is 1. The monoisotopic (exact) mass is 200 g/mol. The van der Waals surface area contributed by atoms with E-state index in [1.165, 1.54) is 12.8 Å². The Morgan fingerprint density at radius 3 is 3.00 bits per heavy atom. The number of ketones is 1. The maximum atomic E-state index is 11.5. The van der Waals surface area contributed by atoms with E-state index in [-0.39, 0.29) is 18.3 Å². The SMILES string of the molecule is CCCCCOCC(=O)C1CCOC1. The zero-order valence-electron chi connectivity index (χ0n) is 8.96. The van der Waals surface area contributed by atoms with E-state index in [2.05, 4.69) is 6.92 Å². The maximum absolute atomic E-state index is 11.5. The van der Waals surface area contributed by atoms with Crippen LogP contribution in [0, 0.1) is 5.92 Å². The van der Waals surface area contributed by atoms with Gasteiger partial charge in [0.15, 0.2) is 5.78 Å². The van der Waals surface area contributed by atoms with Crippen molar-refractivity contribution >= 4 is 5.78 Å². The molecule has 0 radical (unpaired) electrons. The van der Waals surface area contributed by atoms with E-state index in [9.17, 15) is 4.79 Å². The number of carbonyl (C=O) groups excluding carboxylic acids is 1. The first-order valence-corrected chi connectivity index (χ1v) is 5.52. The summed E-state index contributed by atoms with van der Waals surface area (Å²) < 4.78 is 10.5. The molecule has 0 aromatic carbocycles. The van der Waals surface area contributed by atoms with Crippen LogP contribution in [0.3, 0.4) is 0 Å². The van der Waals surface area contributed by atoms with E-state index in [1.807, 2.05) is 0 Å². The molecule has 0 spiro atoms. The molecule has 82 valence electrons. The average Bonchev–Trinajstić information content (AvgIpc) is 2.70. The highest BCUT2D eigenvalue weighted by atomic mass is 16.5. The molecule has 0 aromatic heterocycles. The highest BCUT2D eigenvalue weighted by Crippen LogP contribution is 2.13. The topological polar surface area (TPSA) is 35.5 Å². The summed E-state index contributed by atoms with van der Waals surface area (Å²) in [5.74, 6) is 0.306. The van der Waals surface area contributed by atoms with Crippen molar-refractivity contribution in [2.45, 2.75) is 32.6 Å². The summed E-state index contributed by atoms with van der Waals surface area (Å²) in [6, 6.07) is 0. The highest BCUT2D eigenvalue weighted by molar-refractivity contribution is 5.82. The van der Waals surface area contributed by atoms with Crippen LogP contribution in [-0.2, 0) is 14.3 Å². The van der Waals surface area contributed by atoms with Gasteiger partial charge in [0.25, 0.3) is 0 Å². The van der Waals surface area contributed by atoms with Crippen molar-refractivity contribution in [2.75, 3.05) is 26.4 Å². The minimum absolute atomic E-state index is 0.0983. The van der Waals surface area contributed by atoms with Gasteiger partial charge < -0.3 is 9.47 Å². The van der Waals surface area contributed by atoms with Gasteiger partial charge in [-0.3, -0.25) is 4.79 Å². The van der Waals surface area contributed by atoms with Crippen LogP contribution in [0.25, 0.3) is 0 Å². The Balaban J connectivity index is 1.97. The number of Topliss-reactive ketones (excluding diaryl/α,β-unsaturated/α-hetero) is 1. The normalized spacial score (nSPS) is 21.4. The van der Waals surface area contributed by atoms with E-state index >= 15 is 0 Å². The Bertz CT molecular complexity index is 162. The fraction of sp³-hybridized carbons (Fsp3) is 0.909. The third kappa shape index (κ3) is 4.20. The third-order valence-electron chi connectivity index (χ3n) is 2.52. The number of unbranched alkanes of at least 4 members (excludes halogenated alkanes) is 2. The molecule has 1 heterocycles. The van der Waals surface area contributed by atoms with E-state index < -0.39 is 0 Å². The smallest absolute Gasteiger partial charge is 0.163 e. The van der Waals surface area contributed by atoms with Crippen LogP contribution in [0.5, 0.6) is 0 Å². The van der Waals surface area contributed by atoms with Crippen LogP contribution in [0.15, 0.2) is 0 Å². The van der Waals surface area contributed by atoms with Gasteiger partial charge in [-0.25, -0.2) is 0 Å². The predicted molar refractivity (Wildman–Crippen MR) is 54.3 cm³/mol. The molecule has 14 heavy (non-hydrogen) atoms. The van der Waals surface area contributed by atoms with Crippen LogP contribution in [0.1, 0.15) is 32.6 Å². The molecule has 1 saturated heterocycles. The predicted octanol–water partition coefficient (Wildman–Crippen LogP) is 1.80. The lowest BCUT2D eigenvalue weighted by Crippen LogP contribution is -2.20. The van der Waals surface area contributed by atoms with Gasteiger partial charge in [-0.1, -0.05) is 19.8 Å². The fourth-order valence-electron chi connectivity index (χ4n) is 1.53. The maximum Gasteiger partial charge on any atom is 0.163 e. The van der Waals surface area contributed by atoms with Crippen LogP contribution >= 0.6 is 0 Å². The molecule has 1 unspecified atom stereocenters. The molecule has 0 N–H and O–H groups in total. The summed E-state index contributed by atoms with van der Waals surface area (Å²) >= 11 is 0. The molecule has 0 amide bonds. The van der Waals surface area contributed by atoms with Gasteiger partial charge in [-0.15, -0.1) is 0 Å². The van der Waals surface area contributed by atoms with Crippen LogP contribution < -0.4 is 0 Å². The summed E-state index contributed by atoms with van der Waals surface area (Å²) in [6.07, 6.45) is 4.30. The zero-order valence-corrected chi connectivity index (χ0v) is 8.96. The molecule has 3 nitrogen and oxygen atoms in total. The molecule has 1 aliphatic heterocycles. The number of rotatable bonds is 7. The van der Waals surface area contributed by atoms with Crippen molar-refractivity contribution in [3.63, 3.8) is 0 Å². The average molecular weight is 200 g/mol. The second-order valence-electron chi connectivity index (χ2n) is 3.79. The molecule has 0 aromatic rings. The first-order valence-electron chi connectivity index (χ1n) is 5.52.